The highest BCUT2D eigenvalue weighted by Gasteiger charge is 2.37. The van der Waals surface area contributed by atoms with Crippen molar-refractivity contribution in [1.29, 1.82) is 0 Å². The Bertz CT molecular complexity index is 1580. The van der Waals surface area contributed by atoms with Gasteiger partial charge in [0, 0.05) is 0 Å². The number of rotatable bonds is 9. The number of fused-ring (bicyclic) bond motifs is 9. The number of halogens is 1. The Balaban J connectivity index is 2.24. The molecule has 2 aliphatic heterocycles. The second kappa shape index (κ2) is 16.2. The molecule has 8 N–H and O–H groups in total. The molecular formula is C33H44ClN5O10. The summed E-state index contributed by atoms with van der Waals surface area (Å²) in [5.41, 5.74) is 4.46. The maximum Gasteiger partial charge on any atom is 0.333 e. The van der Waals surface area contributed by atoms with Crippen molar-refractivity contribution in [2.45, 2.75) is 83.3 Å². The minimum atomic E-state index is -1.73. The molecule has 2 aliphatic rings. The first kappa shape index (κ1) is 38.8. The number of carbonyl (C=O) groups is 5. The van der Waals surface area contributed by atoms with Crippen molar-refractivity contribution in [3.05, 3.63) is 46.5 Å². The first-order valence-electron chi connectivity index (χ1n) is 15.5. The van der Waals surface area contributed by atoms with E-state index in [9.17, 15) is 34.2 Å². The summed E-state index contributed by atoms with van der Waals surface area (Å²) in [5.74, 6) is -5.29. The molecule has 49 heavy (non-hydrogen) atoms. The Morgan fingerprint density at radius 1 is 1.06 bits per heavy atom. The minimum absolute atomic E-state index is 0.0242. The fourth-order valence-corrected chi connectivity index (χ4v) is 5.30. The zero-order chi connectivity index (χ0) is 36.8. The van der Waals surface area contributed by atoms with Crippen LogP contribution in [0.15, 0.2) is 30.3 Å². The first-order valence-corrected chi connectivity index (χ1v) is 15.9. The van der Waals surface area contributed by atoms with Crippen LogP contribution in [0.2, 0.25) is 5.02 Å². The highest BCUT2D eigenvalue weighted by molar-refractivity contribution is 6.32. The van der Waals surface area contributed by atoms with Crippen molar-refractivity contribution in [2.24, 2.45) is 11.7 Å². The fourth-order valence-electron chi connectivity index (χ4n) is 5.07. The van der Waals surface area contributed by atoms with Gasteiger partial charge in [-0.15, -0.1) is 0 Å². The van der Waals surface area contributed by atoms with Gasteiger partial charge in [0.05, 0.1) is 24.6 Å². The number of esters is 1. The highest BCUT2D eigenvalue weighted by atomic mass is 35.5. The number of nitrogens with two attached hydrogens (primary N) is 1. The van der Waals surface area contributed by atoms with Gasteiger partial charge < -0.3 is 51.4 Å². The van der Waals surface area contributed by atoms with Crippen LogP contribution in [0.5, 0.6) is 23.0 Å². The lowest BCUT2D eigenvalue weighted by molar-refractivity contribution is -0.159. The van der Waals surface area contributed by atoms with E-state index in [-0.39, 0.29) is 39.3 Å². The number of primary amides is 1. The lowest BCUT2D eigenvalue weighted by Crippen LogP contribution is -2.58. The normalized spacial score (nSPS) is 20.4. The van der Waals surface area contributed by atoms with E-state index in [0.717, 1.165) is 6.07 Å². The molecule has 2 aromatic carbocycles. The van der Waals surface area contributed by atoms with Gasteiger partial charge >= 0.3 is 5.97 Å². The number of methoxy groups -OCH3 is 1. The summed E-state index contributed by atoms with van der Waals surface area (Å²) in [6.07, 6.45) is -2.07. The maximum absolute atomic E-state index is 13.8. The van der Waals surface area contributed by atoms with Crippen LogP contribution in [0.25, 0.3) is 0 Å². The van der Waals surface area contributed by atoms with Crippen molar-refractivity contribution in [2.75, 3.05) is 14.2 Å². The van der Waals surface area contributed by atoms with E-state index in [4.69, 9.17) is 31.5 Å². The molecule has 0 spiro atoms. The number of benzene rings is 2. The number of aliphatic hydroxyl groups is 1. The summed E-state index contributed by atoms with van der Waals surface area (Å²) in [5, 5.41) is 32.6. The van der Waals surface area contributed by atoms with E-state index in [1.54, 1.807) is 27.8 Å². The second-order valence-corrected chi connectivity index (χ2v) is 13.4. The third-order valence-corrected chi connectivity index (χ3v) is 7.64. The smallest absolute Gasteiger partial charge is 0.333 e. The Kier molecular flexibility index (Phi) is 12.8. The summed E-state index contributed by atoms with van der Waals surface area (Å²) in [7, 11) is 2.84. The predicted octanol–water partition coefficient (Wildman–Crippen LogP) is 1.87. The maximum atomic E-state index is 13.8. The van der Waals surface area contributed by atoms with Crippen LogP contribution in [0.1, 0.15) is 70.7 Å². The standard InChI is InChI=1S/C33H44ClN5O10/c1-15(2)10-19(36-6)29(43)39-26-27(42)16-8-9-22(18(34)11-16)48-23-13-17(12-21(40)28(23)47-7)25(32(46)49-33(3,4)5)38-30(44)20(14-24(35)41)37-31(26)45/h8-9,11-13,15,19-20,25-27,36,40,42H,10,14H2,1-7H3,(H2,35,41)(H,37,45)(H,38,44)(H,39,43)/t19-,20-,25+,26+,27+/m1/s1. The second-order valence-electron chi connectivity index (χ2n) is 13.0. The number of nitrogens with one attached hydrogen (secondary N) is 4. The summed E-state index contributed by atoms with van der Waals surface area (Å²) >= 11 is 6.56. The van der Waals surface area contributed by atoms with Crippen LogP contribution < -0.4 is 36.5 Å². The average molecular weight is 706 g/mol. The average Bonchev–Trinajstić information content (AvgIpc) is 2.99. The molecule has 0 unspecified atom stereocenters. The number of ether oxygens (including phenoxy) is 3. The molecule has 4 bridgehead atoms. The van der Waals surface area contributed by atoms with E-state index in [1.807, 2.05) is 13.8 Å². The molecule has 4 rings (SSSR count). The minimum Gasteiger partial charge on any atom is -0.504 e. The van der Waals surface area contributed by atoms with Gasteiger partial charge in [-0.1, -0.05) is 31.5 Å². The van der Waals surface area contributed by atoms with Crippen molar-refractivity contribution < 1.29 is 48.4 Å². The largest absolute Gasteiger partial charge is 0.504 e. The van der Waals surface area contributed by atoms with Gasteiger partial charge in [-0.25, -0.2) is 4.79 Å². The quantitative estimate of drug-likeness (QED) is 0.186. The Morgan fingerprint density at radius 3 is 2.29 bits per heavy atom. The summed E-state index contributed by atoms with van der Waals surface area (Å²) in [4.78, 5) is 66.6. The van der Waals surface area contributed by atoms with Gasteiger partial charge in [-0.3, -0.25) is 19.2 Å². The van der Waals surface area contributed by atoms with Crippen LogP contribution in [-0.4, -0.2) is 77.7 Å². The number of phenols is 1. The van der Waals surface area contributed by atoms with Crippen molar-refractivity contribution in [3.8, 4) is 23.0 Å². The molecule has 0 radical (unpaired) electrons. The predicted molar refractivity (Wildman–Crippen MR) is 178 cm³/mol. The number of likely N-dealkylation sites (N-methyl/N-ethyl adjacent to an activating group) is 1. The van der Waals surface area contributed by atoms with Crippen molar-refractivity contribution in [3.63, 3.8) is 0 Å². The van der Waals surface area contributed by atoms with E-state index >= 15 is 0 Å². The summed E-state index contributed by atoms with van der Waals surface area (Å²) < 4.78 is 16.9. The van der Waals surface area contributed by atoms with E-state index in [1.165, 1.54) is 31.4 Å². The number of amides is 4. The van der Waals surface area contributed by atoms with Crippen LogP contribution >= 0.6 is 11.6 Å². The molecule has 4 amide bonds. The molecule has 2 aromatic rings. The number of phenolic OH excluding ortho intramolecular Hbond substituents is 1. The molecule has 16 heteroatoms. The Morgan fingerprint density at radius 2 is 1.73 bits per heavy atom. The zero-order valence-electron chi connectivity index (χ0n) is 28.4. The zero-order valence-corrected chi connectivity index (χ0v) is 29.1. The Labute approximate surface area is 289 Å². The number of carbonyl (C=O) groups excluding carboxylic acids is 5. The van der Waals surface area contributed by atoms with Gasteiger partial charge in [-0.05, 0) is 75.5 Å². The molecule has 0 aliphatic carbocycles. The van der Waals surface area contributed by atoms with Crippen LogP contribution in [-0.2, 0) is 28.7 Å². The number of aliphatic hydroxyl groups excluding tert-OH is 1. The summed E-state index contributed by atoms with van der Waals surface area (Å²) in [6.45, 7) is 8.61. The lowest BCUT2D eigenvalue weighted by Gasteiger charge is -2.30. The monoisotopic (exact) mass is 705 g/mol. The molecular weight excluding hydrogens is 662 g/mol. The van der Waals surface area contributed by atoms with E-state index in [2.05, 4.69) is 21.3 Å². The Hall–Kier alpha value is -4.60. The van der Waals surface area contributed by atoms with Crippen LogP contribution in [0.4, 0.5) is 0 Å². The molecule has 268 valence electrons. The first-order chi connectivity index (χ1) is 22.8. The molecule has 0 saturated carbocycles. The van der Waals surface area contributed by atoms with Gasteiger partial charge in [0.15, 0.2) is 17.5 Å². The topological polar surface area (TPSA) is 228 Å². The molecule has 5 atom stereocenters. The number of aromatic hydroxyl groups is 1. The van der Waals surface area contributed by atoms with Gasteiger partial charge in [0.1, 0.15) is 29.5 Å². The van der Waals surface area contributed by atoms with Crippen LogP contribution in [0.3, 0.4) is 0 Å². The van der Waals surface area contributed by atoms with Gasteiger partial charge in [-0.2, -0.15) is 0 Å². The van der Waals surface area contributed by atoms with Crippen LogP contribution in [0, 0.1) is 5.92 Å². The number of hydrogen-bond donors (Lipinski definition) is 7. The molecule has 0 fully saturated rings. The summed E-state index contributed by atoms with van der Waals surface area (Å²) in [6, 6.07) is 0.744. The third-order valence-electron chi connectivity index (χ3n) is 7.35. The fraction of sp³-hybridized carbons (Fsp3) is 0.485. The van der Waals surface area contributed by atoms with E-state index < -0.39 is 77.6 Å². The van der Waals surface area contributed by atoms with Crippen molar-refractivity contribution in [1.82, 2.24) is 21.3 Å². The van der Waals surface area contributed by atoms with Gasteiger partial charge in [0.25, 0.3) is 0 Å². The van der Waals surface area contributed by atoms with E-state index in [0.29, 0.717) is 6.42 Å². The molecule has 2 heterocycles. The van der Waals surface area contributed by atoms with Crippen molar-refractivity contribution >= 4 is 41.2 Å². The number of hydrogen-bond acceptors (Lipinski definition) is 11. The third kappa shape index (κ3) is 10.2. The highest BCUT2D eigenvalue weighted by Crippen LogP contribution is 2.43. The lowest BCUT2D eigenvalue weighted by atomic mass is 9.98. The molecule has 0 aromatic heterocycles. The molecule has 0 saturated heterocycles. The van der Waals surface area contributed by atoms with Gasteiger partial charge in [0.2, 0.25) is 29.4 Å². The SMILES string of the molecule is CN[C@H](CC(C)C)C(=O)N[C@@H]1C(=O)N[C@H](CC(N)=O)C(=O)N[C@H](C(=O)OC(C)(C)C)c2cc(O)c(OC)c(c2)Oc2ccc(cc2Cl)[C@@H]1O. The molecule has 15 nitrogen and oxygen atoms in total.